The Hall–Kier alpha value is -4.39. The molecule has 206 valence electrons. The minimum atomic E-state index is -0.699. The van der Waals surface area contributed by atoms with Gasteiger partial charge < -0.3 is 18.9 Å². The first-order valence-electron chi connectivity index (χ1n) is 13.3. The second-order valence-electron chi connectivity index (χ2n) is 10.1. The van der Waals surface area contributed by atoms with Crippen LogP contribution in [-0.4, -0.2) is 38.8 Å². The number of ether oxygens (including phenoxy) is 4. The Balaban J connectivity index is 1.50. The van der Waals surface area contributed by atoms with Gasteiger partial charge in [-0.1, -0.05) is 48.5 Å². The number of allylic oxidation sites excluding steroid dienone is 2. The van der Waals surface area contributed by atoms with Gasteiger partial charge in [0.05, 0.1) is 21.3 Å². The predicted octanol–water partition coefficient (Wildman–Crippen LogP) is 6.03. The number of methoxy groups -OCH3 is 3. The van der Waals surface area contributed by atoms with E-state index in [1.807, 2.05) is 79.7 Å². The van der Waals surface area contributed by atoms with Crippen molar-refractivity contribution < 1.29 is 28.5 Å². The van der Waals surface area contributed by atoms with Crippen LogP contribution in [0.5, 0.6) is 17.2 Å². The van der Waals surface area contributed by atoms with E-state index in [1.165, 1.54) is 7.11 Å². The molecular weight excluding hydrogens is 506 g/mol. The van der Waals surface area contributed by atoms with Crippen molar-refractivity contribution in [2.24, 2.45) is 10.9 Å². The molecule has 1 aliphatic heterocycles. The van der Waals surface area contributed by atoms with Crippen molar-refractivity contribution in [2.75, 3.05) is 21.3 Å². The van der Waals surface area contributed by atoms with E-state index in [9.17, 15) is 9.59 Å². The van der Waals surface area contributed by atoms with Gasteiger partial charge >= 0.3 is 5.97 Å². The molecule has 1 unspecified atom stereocenters. The molecule has 1 aliphatic carbocycles. The van der Waals surface area contributed by atoms with Gasteiger partial charge in [-0.3, -0.25) is 14.6 Å². The summed E-state index contributed by atoms with van der Waals surface area (Å²) in [6, 6.07) is 23.3. The maximum Gasteiger partial charge on any atom is 0.315 e. The summed E-state index contributed by atoms with van der Waals surface area (Å²) in [6.07, 6.45) is 0.875. The number of hydrogen-bond acceptors (Lipinski definition) is 7. The zero-order valence-electron chi connectivity index (χ0n) is 23.2. The van der Waals surface area contributed by atoms with E-state index in [0.717, 1.165) is 16.7 Å². The van der Waals surface area contributed by atoms with Crippen LogP contribution in [0.2, 0.25) is 0 Å². The van der Waals surface area contributed by atoms with Crippen LogP contribution in [-0.2, 0) is 20.9 Å². The zero-order chi connectivity index (χ0) is 28.2. The fourth-order valence-electron chi connectivity index (χ4n) is 5.73. The number of carbonyl (C=O) groups excluding carboxylic acids is 2. The summed E-state index contributed by atoms with van der Waals surface area (Å²) in [5.41, 5.74) is 4.78. The molecule has 0 spiro atoms. The van der Waals surface area contributed by atoms with Gasteiger partial charge in [0.25, 0.3) is 0 Å². The minimum Gasteiger partial charge on any atom is -0.493 e. The van der Waals surface area contributed by atoms with Gasteiger partial charge in [0.2, 0.25) is 0 Å². The van der Waals surface area contributed by atoms with Crippen LogP contribution in [0, 0.1) is 5.92 Å². The third kappa shape index (κ3) is 5.37. The van der Waals surface area contributed by atoms with Crippen molar-refractivity contribution >= 4 is 17.5 Å². The van der Waals surface area contributed by atoms with Crippen molar-refractivity contribution in [1.29, 1.82) is 0 Å². The third-order valence-electron chi connectivity index (χ3n) is 7.69. The van der Waals surface area contributed by atoms with Crippen LogP contribution in [0.1, 0.15) is 48.3 Å². The molecule has 3 atom stereocenters. The van der Waals surface area contributed by atoms with Crippen molar-refractivity contribution in [3.05, 3.63) is 101 Å². The van der Waals surface area contributed by atoms with Gasteiger partial charge in [-0.25, -0.2) is 0 Å². The summed E-state index contributed by atoms with van der Waals surface area (Å²) in [5.74, 6) is 0.197. The molecule has 40 heavy (non-hydrogen) atoms. The summed E-state index contributed by atoms with van der Waals surface area (Å²) >= 11 is 0. The standard InChI is InChI=1S/C33H33NO6/c1-20-30(33(36)39-4)31(23-11-8-12-25(15-23)40-19-21-9-6-5-7-10-21)32-26(34-20)16-24(17-27(32)35)22-13-14-28(37-2)29(18-22)38-3/h5-15,18,24,30-31H,16-17,19H2,1-4H3/t24-,30?,31-/m1/s1. The Morgan fingerprint density at radius 1 is 0.875 bits per heavy atom. The van der Waals surface area contributed by atoms with E-state index >= 15 is 0 Å². The van der Waals surface area contributed by atoms with Gasteiger partial charge in [-0.05, 0) is 60.2 Å². The second-order valence-corrected chi connectivity index (χ2v) is 10.1. The maximum atomic E-state index is 13.9. The molecular formula is C33H33NO6. The van der Waals surface area contributed by atoms with Crippen molar-refractivity contribution in [1.82, 2.24) is 0 Å². The Morgan fingerprint density at radius 3 is 2.38 bits per heavy atom. The van der Waals surface area contributed by atoms with Gasteiger partial charge in [0.1, 0.15) is 18.3 Å². The Labute approximate surface area is 234 Å². The van der Waals surface area contributed by atoms with E-state index in [0.29, 0.717) is 53.7 Å². The topological polar surface area (TPSA) is 83.4 Å². The number of Topliss-reactive ketones (excluding diaryl/α,β-unsaturated/α-hetero) is 1. The van der Waals surface area contributed by atoms with Crippen molar-refractivity contribution in [2.45, 2.75) is 38.2 Å². The highest BCUT2D eigenvalue weighted by atomic mass is 16.5. The van der Waals surface area contributed by atoms with E-state index in [-0.39, 0.29) is 11.7 Å². The highest BCUT2D eigenvalue weighted by Gasteiger charge is 2.44. The number of nitrogens with zero attached hydrogens (tertiary/aromatic N) is 1. The van der Waals surface area contributed by atoms with Crippen LogP contribution in [0.3, 0.4) is 0 Å². The van der Waals surface area contributed by atoms with Crippen LogP contribution in [0.25, 0.3) is 0 Å². The molecule has 7 nitrogen and oxygen atoms in total. The van der Waals surface area contributed by atoms with E-state index in [1.54, 1.807) is 14.2 Å². The Bertz CT molecular complexity index is 1480. The van der Waals surface area contributed by atoms with Gasteiger partial charge in [0.15, 0.2) is 17.3 Å². The average molecular weight is 540 g/mol. The highest BCUT2D eigenvalue weighted by molar-refractivity contribution is 6.09. The summed E-state index contributed by atoms with van der Waals surface area (Å²) in [5, 5.41) is 0. The lowest BCUT2D eigenvalue weighted by Crippen LogP contribution is -2.37. The molecule has 0 amide bonds. The molecule has 0 radical (unpaired) electrons. The van der Waals surface area contributed by atoms with Crippen LogP contribution in [0.15, 0.2) is 89.1 Å². The molecule has 2 aliphatic rings. The van der Waals surface area contributed by atoms with Crippen LogP contribution >= 0.6 is 0 Å². The zero-order valence-corrected chi connectivity index (χ0v) is 23.2. The van der Waals surface area contributed by atoms with Gasteiger partial charge in [0, 0.05) is 29.3 Å². The number of esters is 1. The average Bonchev–Trinajstić information content (AvgIpc) is 2.99. The number of benzene rings is 3. The summed E-state index contributed by atoms with van der Waals surface area (Å²) in [7, 11) is 4.56. The molecule has 3 aromatic rings. The molecule has 0 fully saturated rings. The summed E-state index contributed by atoms with van der Waals surface area (Å²) < 4.78 is 22.1. The van der Waals surface area contributed by atoms with E-state index < -0.39 is 17.8 Å². The number of aliphatic imine (C=N–C) groups is 1. The first kappa shape index (κ1) is 27.2. The normalized spacial score (nSPS) is 20.4. The summed E-state index contributed by atoms with van der Waals surface area (Å²) in [4.78, 5) is 31.7. The molecule has 3 aromatic carbocycles. The minimum absolute atomic E-state index is 0.0215. The number of hydrogen-bond donors (Lipinski definition) is 0. The molecule has 0 aromatic heterocycles. The quantitative estimate of drug-likeness (QED) is 0.325. The number of carbonyl (C=O) groups is 2. The van der Waals surface area contributed by atoms with Gasteiger partial charge in [-0.15, -0.1) is 0 Å². The second kappa shape index (κ2) is 11.8. The Morgan fingerprint density at radius 2 is 1.65 bits per heavy atom. The van der Waals surface area contributed by atoms with Crippen molar-refractivity contribution in [3.8, 4) is 17.2 Å². The molecule has 1 heterocycles. The number of ketones is 1. The van der Waals surface area contributed by atoms with Crippen LogP contribution < -0.4 is 14.2 Å². The predicted molar refractivity (Wildman–Crippen MR) is 152 cm³/mol. The van der Waals surface area contributed by atoms with E-state index in [4.69, 9.17) is 23.9 Å². The smallest absolute Gasteiger partial charge is 0.315 e. The largest absolute Gasteiger partial charge is 0.493 e. The number of rotatable bonds is 8. The lowest BCUT2D eigenvalue weighted by atomic mass is 9.69. The first-order valence-corrected chi connectivity index (χ1v) is 13.3. The third-order valence-corrected chi connectivity index (χ3v) is 7.69. The monoisotopic (exact) mass is 539 g/mol. The molecule has 0 saturated carbocycles. The molecule has 7 heteroatoms. The summed E-state index contributed by atoms with van der Waals surface area (Å²) in [6.45, 7) is 2.24. The molecule has 0 N–H and O–H groups in total. The van der Waals surface area contributed by atoms with E-state index in [2.05, 4.69) is 0 Å². The molecule has 0 bridgehead atoms. The Kier molecular flexibility index (Phi) is 8.01. The lowest BCUT2D eigenvalue weighted by Gasteiger charge is -2.36. The first-order chi connectivity index (χ1) is 19.4. The SMILES string of the molecule is COC(=O)C1C(C)=NC2=C(C(=O)C[C@H](c3ccc(OC)c(OC)c3)C2)[C@@H]1c1cccc(OCc2ccccc2)c1. The molecule has 5 rings (SSSR count). The fourth-order valence-corrected chi connectivity index (χ4v) is 5.73. The van der Waals surface area contributed by atoms with Crippen LogP contribution in [0.4, 0.5) is 0 Å². The fraction of sp³-hybridized carbons (Fsp3) is 0.303. The maximum absolute atomic E-state index is 13.9. The van der Waals surface area contributed by atoms with Crippen molar-refractivity contribution in [3.63, 3.8) is 0 Å². The lowest BCUT2D eigenvalue weighted by molar-refractivity contribution is -0.143. The highest BCUT2D eigenvalue weighted by Crippen LogP contribution is 2.48. The van der Waals surface area contributed by atoms with Gasteiger partial charge in [-0.2, -0.15) is 0 Å². The molecule has 0 saturated heterocycles.